The lowest BCUT2D eigenvalue weighted by Gasteiger charge is -2.22. The van der Waals surface area contributed by atoms with E-state index in [1.165, 1.54) is 7.11 Å². The molecule has 0 aliphatic heterocycles. The van der Waals surface area contributed by atoms with E-state index in [0.29, 0.717) is 17.2 Å². The number of esters is 1. The predicted octanol–water partition coefficient (Wildman–Crippen LogP) is 4.20. The van der Waals surface area contributed by atoms with Gasteiger partial charge in [0, 0.05) is 11.3 Å². The van der Waals surface area contributed by atoms with E-state index in [2.05, 4.69) is 15.6 Å². The van der Waals surface area contributed by atoms with E-state index in [1.54, 1.807) is 18.2 Å². The lowest BCUT2D eigenvalue weighted by atomic mass is 9.99. The average molecular weight is 381 g/mol. The Labute approximate surface area is 163 Å². The predicted molar refractivity (Wildman–Crippen MR) is 107 cm³/mol. The van der Waals surface area contributed by atoms with Crippen LogP contribution in [0.3, 0.4) is 0 Å². The number of rotatable bonds is 6. The zero-order chi connectivity index (χ0) is 20.1. The molecule has 2 aromatic carbocycles. The van der Waals surface area contributed by atoms with Crippen LogP contribution in [0.5, 0.6) is 0 Å². The van der Waals surface area contributed by atoms with Crippen LogP contribution >= 0.6 is 0 Å². The third kappa shape index (κ3) is 4.31. The fourth-order valence-electron chi connectivity index (χ4n) is 2.83. The summed E-state index contributed by atoms with van der Waals surface area (Å²) in [5.74, 6) is -0.0497. The Bertz CT molecular complexity index is 949. The summed E-state index contributed by atoms with van der Waals surface area (Å²) in [5.41, 5.74) is 2.76. The number of nitrogens with zero attached hydrogens (tertiary/aromatic N) is 1. The lowest BCUT2D eigenvalue weighted by Crippen LogP contribution is -2.47. The number of hydrogen-bond donors (Lipinski definition) is 2. The molecule has 0 unspecified atom stereocenters. The molecule has 0 aliphatic carbocycles. The van der Waals surface area contributed by atoms with E-state index >= 15 is 0 Å². The van der Waals surface area contributed by atoms with Crippen LogP contribution in [-0.4, -0.2) is 30.1 Å². The van der Waals surface area contributed by atoms with Crippen LogP contribution in [0.1, 0.15) is 20.3 Å². The molecule has 7 nitrogen and oxygen atoms in total. The fourth-order valence-corrected chi connectivity index (χ4v) is 2.83. The van der Waals surface area contributed by atoms with Crippen molar-refractivity contribution in [3.05, 3.63) is 48.5 Å². The summed E-state index contributed by atoms with van der Waals surface area (Å²) in [5, 5.41) is 5.43. The SMILES string of the molecule is CC[C@H](C)[C@H](NC(=O)Nc1cccc(-c2nc3ccccc3o2)c1)C(=O)OC. The number of benzene rings is 2. The molecule has 2 atom stereocenters. The average Bonchev–Trinajstić information content (AvgIpc) is 3.15. The van der Waals surface area contributed by atoms with Gasteiger partial charge < -0.3 is 19.8 Å². The molecular weight excluding hydrogens is 358 g/mol. The summed E-state index contributed by atoms with van der Waals surface area (Å²) >= 11 is 0. The van der Waals surface area contributed by atoms with Crippen molar-refractivity contribution < 1.29 is 18.7 Å². The monoisotopic (exact) mass is 381 g/mol. The van der Waals surface area contributed by atoms with Gasteiger partial charge >= 0.3 is 12.0 Å². The third-order valence-corrected chi connectivity index (χ3v) is 4.62. The van der Waals surface area contributed by atoms with Crippen molar-refractivity contribution in [1.29, 1.82) is 0 Å². The van der Waals surface area contributed by atoms with Gasteiger partial charge in [0.15, 0.2) is 5.58 Å². The fraction of sp³-hybridized carbons (Fsp3) is 0.286. The minimum Gasteiger partial charge on any atom is -0.467 e. The second-order valence-corrected chi connectivity index (χ2v) is 6.55. The molecule has 1 heterocycles. The zero-order valence-electron chi connectivity index (χ0n) is 16.1. The first-order valence-electron chi connectivity index (χ1n) is 9.13. The Morgan fingerprint density at radius 1 is 1.18 bits per heavy atom. The Balaban J connectivity index is 1.75. The highest BCUT2D eigenvalue weighted by atomic mass is 16.5. The summed E-state index contributed by atoms with van der Waals surface area (Å²) in [6.07, 6.45) is 0.729. The Morgan fingerprint density at radius 2 is 1.96 bits per heavy atom. The van der Waals surface area contributed by atoms with Crippen molar-refractivity contribution in [2.45, 2.75) is 26.3 Å². The Morgan fingerprint density at radius 3 is 2.68 bits per heavy atom. The largest absolute Gasteiger partial charge is 0.467 e. The van der Waals surface area contributed by atoms with Gasteiger partial charge in [0.2, 0.25) is 5.89 Å². The number of fused-ring (bicyclic) bond motifs is 1. The second-order valence-electron chi connectivity index (χ2n) is 6.55. The summed E-state index contributed by atoms with van der Waals surface area (Å²) < 4.78 is 10.6. The molecule has 2 amide bonds. The van der Waals surface area contributed by atoms with Gasteiger partial charge in [0.1, 0.15) is 11.6 Å². The maximum Gasteiger partial charge on any atom is 0.328 e. The number of oxazole rings is 1. The quantitative estimate of drug-likeness (QED) is 0.624. The van der Waals surface area contributed by atoms with Crippen molar-refractivity contribution in [2.75, 3.05) is 12.4 Å². The van der Waals surface area contributed by atoms with Crippen LogP contribution < -0.4 is 10.6 Å². The van der Waals surface area contributed by atoms with Gasteiger partial charge in [0.05, 0.1) is 7.11 Å². The van der Waals surface area contributed by atoms with Crippen LogP contribution in [-0.2, 0) is 9.53 Å². The van der Waals surface area contributed by atoms with Gasteiger partial charge in [0.25, 0.3) is 0 Å². The number of methoxy groups -OCH3 is 1. The second kappa shape index (κ2) is 8.56. The molecule has 7 heteroatoms. The molecule has 146 valence electrons. The van der Waals surface area contributed by atoms with Gasteiger partial charge in [-0.25, -0.2) is 14.6 Å². The van der Waals surface area contributed by atoms with Crippen LogP contribution in [0, 0.1) is 5.92 Å². The number of carbonyl (C=O) groups is 2. The van der Waals surface area contributed by atoms with Gasteiger partial charge in [-0.1, -0.05) is 38.5 Å². The molecule has 0 saturated heterocycles. The van der Waals surface area contributed by atoms with Gasteiger partial charge in [-0.15, -0.1) is 0 Å². The first kappa shape index (κ1) is 19.4. The number of urea groups is 1. The molecule has 0 spiro atoms. The summed E-state index contributed by atoms with van der Waals surface area (Å²) in [6, 6.07) is 13.5. The van der Waals surface area contributed by atoms with Crippen molar-refractivity contribution in [3.8, 4) is 11.5 Å². The summed E-state index contributed by atoms with van der Waals surface area (Å²) in [6.45, 7) is 3.83. The van der Waals surface area contributed by atoms with Crippen LogP contribution in [0.15, 0.2) is 52.9 Å². The zero-order valence-corrected chi connectivity index (χ0v) is 16.1. The van der Waals surface area contributed by atoms with Crippen molar-refractivity contribution >= 4 is 28.8 Å². The minimum absolute atomic E-state index is 0.0516. The summed E-state index contributed by atoms with van der Waals surface area (Å²) in [7, 11) is 1.31. The van der Waals surface area contributed by atoms with Crippen LogP contribution in [0.4, 0.5) is 10.5 Å². The standard InChI is InChI=1S/C21H23N3O4/c1-4-13(2)18(20(25)27-3)24-21(26)22-15-9-7-8-14(12-15)19-23-16-10-5-6-11-17(16)28-19/h5-13,18H,4H2,1-3H3,(H2,22,24,26)/t13-,18-/m0/s1. The topological polar surface area (TPSA) is 93.5 Å². The Kier molecular flexibility index (Phi) is 5.93. The van der Waals surface area contributed by atoms with Crippen molar-refractivity contribution in [1.82, 2.24) is 10.3 Å². The number of carbonyl (C=O) groups excluding carboxylic acids is 2. The van der Waals surface area contributed by atoms with E-state index in [9.17, 15) is 9.59 Å². The van der Waals surface area contributed by atoms with E-state index in [0.717, 1.165) is 17.5 Å². The number of para-hydroxylation sites is 2. The van der Waals surface area contributed by atoms with Crippen molar-refractivity contribution in [2.24, 2.45) is 5.92 Å². The normalized spacial score (nSPS) is 13.0. The molecule has 2 N–H and O–H groups in total. The first-order valence-corrected chi connectivity index (χ1v) is 9.13. The number of anilines is 1. The van der Waals surface area contributed by atoms with E-state index in [-0.39, 0.29) is 5.92 Å². The lowest BCUT2D eigenvalue weighted by molar-refractivity contribution is -0.144. The molecule has 1 aromatic heterocycles. The number of ether oxygens (including phenoxy) is 1. The molecule has 0 bridgehead atoms. The maximum atomic E-state index is 12.4. The van der Waals surface area contributed by atoms with Gasteiger partial charge in [-0.2, -0.15) is 0 Å². The molecular formula is C21H23N3O4. The molecule has 0 saturated carbocycles. The number of hydrogen-bond acceptors (Lipinski definition) is 5. The highest BCUT2D eigenvalue weighted by Crippen LogP contribution is 2.26. The Hall–Kier alpha value is -3.35. The molecule has 28 heavy (non-hydrogen) atoms. The minimum atomic E-state index is -0.713. The number of aromatic nitrogens is 1. The van der Waals surface area contributed by atoms with Gasteiger partial charge in [-0.05, 0) is 36.2 Å². The van der Waals surface area contributed by atoms with Crippen LogP contribution in [0.2, 0.25) is 0 Å². The van der Waals surface area contributed by atoms with E-state index < -0.39 is 18.0 Å². The highest BCUT2D eigenvalue weighted by molar-refractivity contribution is 5.93. The third-order valence-electron chi connectivity index (χ3n) is 4.62. The van der Waals surface area contributed by atoms with Crippen molar-refractivity contribution in [3.63, 3.8) is 0 Å². The molecule has 0 aliphatic rings. The van der Waals surface area contributed by atoms with Crippen LogP contribution in [0.25, 0.3) is 22.6 Å². The molecule has 3 aromatic rings. The number of nitrogens with one attached hydrogen (secondary N) is 2. The first-order chi connectivity index (χ1) is 13.5. The molecule has 0 radical (unpaired) electrons. The molecule has 3 rings (SSSR count). The molecule has 0 fully saturated rings. The number of amides is 2. The van der Waals surface area contributed by atoms with E-state index in [4.69, 9.17) is 9.15 Å². The smallest absolute Gasteiger partial charge is 0.328 e. The van der Waals surface area contributed by atoms with Gasteiger partial charge in [-0.3, -0.25) is 0 Å². The maximum absolute atomic E-state index is 12.4. The highest BCUT2D eigenvalue weighted by Gasteiger charge is 2.26. The van der Waals surface area contributed by atoms with E-state index in [1.807, 2.05) is 44.2 Å². The summed E-state index contributed by atoms with van der Waals surface area (Å²) in [4.78, 5) is 28.8.